The van der Waals surface area contributed by atoms with Crippen LogP contribution in [0.1, 0.15) is 33.6 Å². The highest BCUT2D eigenvalue weighted by atomic mass is 32.2. The van der Waals surface area contributed by atoms with Gasteiger partial charge in [-0.1, -0.05) is 0 Å². The van der Waals surface area contributed by atoms with Crippen LogP contribution in [0.25, 0.3) is 0 Å². The van der Waals surface area contributed by atoms with Gasteiger partial charge in [0.05, 0.1) is 0 Å². The van der Waals surface area contributed by atoms with Crippen molar-refractivity contribution in [1.29, 1.82) is 0 Å². The Labute approximate surface area is 108 Å². The quantitative estimate of drug-likeness (QED) is 0.772. The minimum Gasteiger partial charge on any atom is -0.342 e. The molecule has 1 rings (SSSR count). The molecule has 1 fully saturated rings. The first-order chi connectivity index (χ1) is 7.88. The molecule has 98 valence electrons. The second-order valence-corrected chi connectivity index (χ2v) is 6.06. The molecule has 1 heterocycles. The fourth-order valence-electron chi connectivity index (χ4n) is 2.09. The molecule has 0 aliphatic carbocycles. The van der Waals surface area contributed by atoms with Gasteiger partial charge in [0.1, 0.15) is 5.54 Å². The van der Waals surface area contributed by atoms with Crippen LogP contribution in [0.2, 0.25) is 0 Å². The number of carbonyl (C=O) groups is 2. The van der Waals surface area contributed by atoms with Crippen LogP contribution in [-0.4, -0.2) is 46.8 Å². The molecule has 4 nitrogen and oxygen atoms in total. The summed E-state index contributed by atoms with van der Waals surface area (Å²) in [6.07, 6.45) is 3.43. The number of nitrogens with zero attached hydrogens (tertiary/aromatic N) is 1. The predicted molar refractivity (Wildman–Crippen MR) is 71.0 cm³/mol. The van der Waals surface area contributed by atoms with Gasteiger partial charge in [-0.05, 0) is 39.2 Å². The minimum absolute atomic E-state index is 0.00821. The Morgan fingerprint density at radius 2 is 2.12 bits per heavy atom. The summed E-state index contributed by atoms with van der Waals surface area (Å²) in [5.41, 5.74) is -0.777. The van der Waals surface area contributed by atoms with Crippen molar-refractivity contribution in [3.05, 3.63) is 0 Å². The largest absolute Gasteiger partial charge is 0.342 e. The first kappa shape index (κ1) is 14.4. The van der Waals surface area contributed by atoms with E-state index in [1.54, 1.807) is 25.6 Å². The van der Waals surface area contributed by atoms with Crippen LogP contribution >= 0.6 is 11.8 Å². The second-order valence-electron chi connectivity index (χ2n) is 5.07. The van der Waals surface area contributed by atoms with Gasteiger partial charge in [0.2, 0.25) is 11.8 Å². The number of hydrogen-bond donors (Lipinski definition) is 1. The van der Waals surface area contributed by atoms with E-state index in [9.17, 15) is 9.59 Å². The Hall–Kier alpha value is -0.710. The molecular weight excluding hydrogens is 236 g/mol. The summed E-state index contributed by atoms with van der Waals surface area (Å²) in [6.45, 7) is 6.22. The Morgan fingerprint density at radius 3 is 2.71 bits per heavy atom. The first-order valence-electron chi connectivity index (χ1n) is 5.99. The lowest BCUT2D eigenvalue weighted by Crippen LogP contribution is -2.53. The molecule has 5 heteroatoms. The Bertz CT molecular complexity index is 305. The number of carbonyl (C=O) groups excluding carboxylic acids is 2. The van der Waals surface area contributed by atoms with Crippen LogP contribution in [0.4, 0.5) is 0 Å². The summed E-state index contributed by atoms with van der Waals surface area (Å²) in [7, 11) is 0. The summed E-state index contributed by atoms with van der Waals surface area (Å²) in [6, 6.07) is -0.00821. The van der Waals surface area contributed by atoms with Crippen molar-refractivity contribution in [2.24, 2.45) is 0 Å². The molecule has 0 aromatic rings. The van der Waals surface area contributed by atoms with E-state index in [0.29, 0.717) is 6.42 Å². The highest BCUT2D eigenvalue weighted by Gasteiger charge is 2.38. The molecule has 1 unspecified atom stereocenters. The van der Waals surface area contributed by atoms with Crippen molar-refractivity contribution < 1.29 is 9.59 Å². The van der Waals surface area contributed by atoms with Crippen LogP contribution < -0.4 is 5.32 Å². The van der Waals surface area contributed by atoms with E-state index in [4.69, 9.17) is 0 Å². The molecule has 17 heavy (non-hydrogen) atoms. The van der Waals surface area contributed by atoms with Gasteiger partial charge in [0.15, 0.2) is 0 Å². The van der Waals surface area contributed by atoms with Gasteiger partial charge in [0, 0.05) is 19.0 Å². The third kappa shape index (κ3) is 3.63. The Morgan fingerprint density at radius 1 is 1.47 bits per heavy atom. The number of thioether (sulfide) groups is 1. The maximum Gasteiger partial charge on any atom is 0.247 e. The molecule has 2 amide bonds. The zero-order chi connectivity index (χ0) is 13.1. The molecule has 1 atom stereocenters. The van der Waals surface area contributed by atoms with Gasteiger partial charge < -0.3 is 10.2 Å². The molecule has 0 spiro atoms. The highest BCUT2D eigenvalue weighted by Crippen LogP contribution is 2.18. The third-order valence-corrected chi connectivity index (χ3v) is 3.70. The standard InChI is InChI=1S/C12H22N2O2S/c1-9-8-10(15)13-12(2,3)11(16)14(9)6-5-7-17-4/h9H,5-8H2,1-4H3,(H,13,15). The molecular formula is C12H22N2O2S. The SMILES string of the molecule is CSCCCN1C(=O)C(C)(C)NC(=O)CC1C. The van der Waals surface area contributed by atoms with Crippen LogP contribution in [0.3, 0.4) is 0 Å². The van der Waals surface area contributed by atoms with Crippen LogP contribution in [0, 0.1) is 0 Å². The Balaban J connectivity index is 2.77. The summed E-state index contributed by atoms with van der Waals surface area (Å²) >= 11 is 1.78. The van der Waals surface area contributed by atoms with Gasteiger partial charge in [-0.25, -0.2) is 0 Å². The minimum atomic E-state index is -0.777. The number of amides is 2. The maximum atomic E-state index is 12.3. The lowest BCUT2D eigenvalue weighted by molar-refractivity contribution is -0.138. The number of rotatable bonds is 4. The van der Waals surface area contributed by atoms with Crippen LogP contribution in [-0.2, 0) is 9.59 Å². The van der Waals surface area contributed by atoms with Gasteiger partial charge in [-0.15, -0.1) is 0 Å². The fraction of sp³-hybridized carbons (Fsp3) is 0.833. The normalized spacial score (nSPS) is 24.5. The fourth-order valence-corrected chi connectivity index (χ4v) is 2.51. The second kappa shape index (κ2) is 5.76. The monoisotopic (exact) mass is 258 g/mol. The molecule has 0 radical (unpaired) electrons. The third-order valence-electron chi connectivity index (χ3n) is 3.01. The lowest BCUT2D eigenvalue weighted by atomic mass is 10.0. The molecule has 0 bridgehead atoms. The smallest absolute Gasteiger partial charge is 0.247 e. The average Bonchev–Trinajstić information content (AvgIpc) is 2.27. The van der Waals surface area contributed by atoms with Crippen molar-refractivity contribution in [2.75, 3.05) is 18.6 Å². The van der Waals surface area contributed by atoms with E-state index in [0.717, 1.165) is 18.7 Å². The van der Waals surface area contributed by atoms with Crippen molar-refractivity contribution in [3.8, 4) is 0 Å². The molecule has 0 aromatic carbocycles. The van der Waals surface area contributed by atoms with E-state index < -0.39 is 5.54 Å². The lowest BCUT2D eigenvalue weighted by Gasteiger charge is -2.32. The van der Waals surface area contributed by atoms with Crippen molar-refractivity contribution >= 4 is 23.6 Å². The van der Waals surface area contributed by atoms with Gasteiger partial charge in [0.25, 0.3) is 0 Å². The van der Waals surface area contributed by atoms with Crippen molar-refractivity contribution in [3.63, 3.8) is 0 Å². The van der Waals surface area contributed by atoms with Gasteiger partial charge in [-0.2, -0.15) is 11.8 Å². The molecule has 1 N–H and O–H groups in total. The van der Waals surface area contributed by atoms with E-state index in [-0.39, 0.29) is 17.9 Å². The van der Waals surface area contributed by atoms with E-state index in [1.165, 1.54) is 0 Å². The number of hydrogen-bond acceptors (Lipinski definition) is 3. The molecule has 0 saturated carbocycles. The topological polar surface area (TPSA) is 49.4 Å². The van der Waals surface area contributed by atoms with E-state index in [2.05, 4.69) is 11.6 Å². The average molecular weight is 258 g/mol. The Kier molecular flexibility index (Phi) is 4.86. The van der Waals surface area contributed by atoms with Gasteiger partial charge in [-0.3, -0.25) is 9.59 Å². The van der Waals surface area contributed by atoms with E-state index >= 15 is 0 Å². The molecule has 0 aromatic heterocycles. The van der Waals surface area contributed by atoms with Crippen LogP contribution in [0.15, 0.2) is 0 Å². The van der Waals surface area contributed by atoms with Gasteiger partial charge >= 0.3 is 0 Å². The summed E-state index contributed by atoms with van der Waals surface area (Å²) in [4.78, 5) is 25.8. The molecule has 1 aliphatic rings. The highest BCUT2D eigenvalue weighted by molar-refractivity contribution is 7.98. The zero-order valence-electron chi connectivity index (χ0n) is 11.1. The van der Waals surface area contributed by atoms with Crippen LogP contribution in [0.5, 0.6) is 0 Å². The maximum absolute atomic E-state index is 12.3. The van der Waals surface area contributed by atoms with Crippen molar-refractivity contribution in [2.45, 2.75) is 45.2 Å². The predicted octanol–water partition coefficient (Wildman–Crippen LogP) is 1.26. The number of nitrogens with one attached hydrogen (secondary N) is 1. The van der Waals surface area contributed by atoms with E-state index in [1.807, 2.05) is 11.8 Å². The summed E-state index contributed by atoms with van der Waals surface area (Å²) in [5, 5.41) is 2.78. The first-order valence-corrected chi connectivity index (χ1v) is 7.39. The molecule has 1 saturated heterocycles. The van der Waals surface area contributed by atoms with Crippen molar-refractivity contribution in [1.82, 2.24) is 10.2 Å². The summed E-state index contributed by atoms with van der Waals surface area (Å²) in [5.74, 6) is 1.03. The zero-order valence-corrected chi connectivity index (χ0v) is 11.9. The molecule has 1 aliphatic heterocycles. The summed E-state index contributed by atoms with van der Waals surface area (Å²) < 4.78 is 0.